The van der Waals surface area contributed by atoms with Gasteiger partial charge < -0.3 is 32.8 Å². The van der Waals surface area contributed by atoms with Crippen molar-refractivity contribution < 1.29 is 52.0 Å². The van der Waals surface area contributed by atoms with Crippen LogP contribution in [0, 0.1) is 0 Å². The molecule has 2 aromatic rings. The number of hydrogen-bond acceptors (Lipinski definition) is 11. The highest BCUT2D eigenvalue weighted by Crippen LogP contribution is 2.33. The summed E-state index contributed by atoms with van der Waals surface area (Å²) in [5, 5.41) is 2.16. The van der Waals surface area contributed by atoms with Crippen molar-refractivity contribution in [3.8, 4) is 0 Å². The summed E-state index contributed by atoms with van der Waals surface area (Å²) < 4.78 is 41.4. The molecule has 0 aromatic heterocycles. The molecule has 0 N–H and O–H groups in total. The summed E-state index contributed by atoms with van der Waals surface area (Å²) in [4.78, 5) is 48.2. The first-order valence-electron chi connectivity index (χ1n) is 14.3. The SMILES string of the molecule is CC(=O)OC[C@H]1O[C@@H](OC2CCCC[Si](c3ccccc3)(c3ccccc3)O2)[C@H](OC(C)=O)[C@@H](OC(C)=O)[C@@H]1OC(C)=O. The van der Waals surface area contributed by atoms with Crippen LogP contribution in [0.4, 0.5) is 0 Å². The third-order valence-corrected chi connectivity index (χ3v) is 11.5. The molecule has 2 heterocycles. The van der Waals surface area contributed by atoms with Gasteiger partial charge in [0.15, 0.2) is 24.6 Å². The molecule has 2 aromatic carbocycles. The van der Waals surface area contributed by atoms with E-state index in [-0.39, 0.29) is 6.61 Å². The number of ether oxygens (including phenoxy) is 6. The van der Waals surface area contributed by atoms with Crippen LogP contribution in [0.1, 0.15) is 47.0 Å². The van der Waals surface area contributed by atoms with Crippen molar-refractivity contribution in [2.75, 3.05) is 6.61 Å². The predicted molar refractivity (Wildman–Crippen MR) is 154 cm³/mol. The van der Waals surface area contributed by atoms with E-state index in [1.807, 2.05) is 36.4 Å². The second kappa shape index (κ2) is 14.7. The van der Waals surface area contributed by atoms with Gasteiger partial charge in [-0.3, -0.25) is 19.2 Å². The van der Waals surface area contributed by atoms with Crippen LogP contribution < -0.4 is 10.4 Å². The lowest BCUT2D eigenvalue weighted by Crippen LogP contribution is -2.65. The van der Waals surface area contributed by atoms with E-state index in [9.17, 15) is 19.2 Å². The Hall–Kier alpha value is -3.58. The monoisotopic (exact) mass is 614 g/mol. The van der Waals surface area contributed by atoms with Crippen LogP contribution in [0.3, 0.4) is 0 Å². The van der Waals surface area contributed by atoms with Gasteiger partial charge in [-0.1, -0.05) is 67.1 Å². The van der Waals surface area contributed by atoms with Gasteiger partial charge in [-0.2, -0.15) is 0 Å². The number of esters is 4. The first-order valence-corrected chi connectivity index (χ1v) is 16.5. The zero-order chi connectivity index (χ0) is 31.0. The van der Waals surface area contributed by atoms with Crippen LogP contribution in [-0.4, -0.2) is 75.8 Å². The molecule has 4 rings (SSSR count). The van der Waals surface area contributed by atoms with Gasteiger partial charge in [-0.15, -0.1) is 0 Å². The van der Waals surface area contributed by atoms with E-state index in [2.05, 4.69) is 24.3 Å². The average Bonchev–Trinajstić information content (AvgIpc) is 3.19. The third-order valence-electron chi connectivity index (χ3n) is 7.27. The molecule has 0 saturated carbocycles. The summed E-state index contributed by atoms with van der Waals surface area (Å²) in [5.41, 5.74) is 0. The number of carbonyl (C=O) groups is 4. The van der Waals surface area contributed by atoms with E-state index in [0.29, 0.717) is 6.42 Å². The zero-order valence-electron chi connectivity index (χ0n) is 24.8. The Bertz CT molecular complexity index is 1220. The van der Waals surface area contributed by atoms with Crippen LogP contribution in [0.5, 0.6) is 0 Å². The lowest BCUT2D eigenvalue weighted by molar-refractivity contribution is -0.332. The molecule has 232 valence electrons. The quantitative estimate of drug-likeness (QED) is 0.234. The molecule has 2 aliphatic heterocycles. The van der Waals surface area contributed by atoms with Crippen molar-refractivity contribution in [3.63, 3.8) is 0 Å². The predicted octanol–water partition coefficient (Wildman–Crippen LogP) is 2.37. The maximum atomic E-state index is 12.3. The van der Waals surface area contributed by atoms with Crippen LogP contribution >= 0.6 is 0 Å². The summed E-state index contributed by atoms with van der Waals surface area (Å²) in [6.45, 7) is 4.43. The van der Waals surface area contributed by atoms with Gasteiger partial charge in [0.05, 0.1) is 0 Å². The second-order valence-corrected chi connectivity index (χ2v) is 14.1. The minimum Gasteiger partial charge on any atom is -0.463 e. The van der Waals surface area contributed by atoms with Gasteiger partial charge in [-0.05, 0) is 29.3 Å². The summed E-state index contributed by atoms with van der Waals surface area (Å²) in [7, 11) is -2.82. The smallest absolute Gasteiger partial charge is 0.303 e. The van der Waals surface area contributed by atoms with Crippen LogP contribution in [0.25, 0.3) is 0 Å². The lowest BCUT2D eigenvalue weighted by atomic mass is 9.98. The average molecular weight is 615 g/mol. The Kier molecular flexibility index (Phi) is 11.1. The van der Waals surface area contributed by atoms with Crippen molar-refractivity contribution in [3.05, 3.63) is 60.7 Å². The molecule has 0 radical (unpaired) electrons. The van der Waals surface area contributed by atoms with E-state index in [4.69, 9.17) is 32.8 Å². The second-order valence-electron chi connectivity index (χ2n) is 10.6. The molecule has 11 nitrogen and oxygen atoms in total. The number of carbonyl (C=O) groups excluding carboxylic acids is 4. The Morgan fingerprint density at radius 1 is 0.721 bits per heavy atom. The Labute approximate surface area is 251 Å². The van der Waals surface area contributed by atoms with Crippen molar-refractivity contribution >= 4 is 42.6 Å². The van der Waals surface area contributed by atoms with Gasteiger partial charge >= 0.3 is 23.9 Å². The molecule has 12 heteroatoms. The van der Waals surface area contributed by atoms with Gasteiger partial charge in [0.25, 0.3) is 8.32 Å². The largest absolute Gasteiger partial charge is 0.463 e. The fourth-order valence-corrected chi connectivity index (χ4v) is 9.71. The standard InChI is InChI=1S/C31H38O11Si/c1-20(32)36-19-26-28(37-21(2)33)29(38-22(3)34)30(39-23(4)35)31(40-26)41-27-17-11-12-18-43(42-27,24-13-7-5-8-14-24)25-15-9-6-10-16-25/h5-10,13-16,26-31H,11-12,17-19H2,1-4H3/t26-,27?,28-,29+,30-,31+/m1/s1. The summed E-state index contributed by atoms with van der Waals surface area (Å²) >= 11 is 0. The molecule has 0 aliphatic carbocycles. The maximum Gasteiger partial charge on any atom is 0.303 e. The van der Waals surface area contributed by atoms with Crippen LogP contribution in [0.2, 0.25) is 6.04 Å². The molecule has 2 fully saturated rings. The molecule has 0 spiro atoms. The minimum atomic E-state index is -2.82. The van der Waals surface area contributed by atoms with Crippen molar-refractivity contribution in [2.45, 2.75) is 90.0 Å². The fourth-order valence-electron chi connectivity index (χ4n) is 5.58. The molecule has 2 saturated heterocycles. The normalized spacial score (nSPS) is 26.8. The lowest BCUT2D eigenvalue weighted by Gasteiger charge is -2.45. The summed E-state index contributed by atoms with van der Waals surface area (Å²) in [6.07, 6.45) is -4.92. The Morgan fingerprint density at radius 2 is 1.26 bits per heavy atom. The highest BCUT2D eigenvalue weighted by atomic mass is 28.4. The van der Waals surface area contributed by atoms with E-state index in [1.54, 1.807) is 0 Å². The number of hydrogen-bond donors (Lipinski definition) is 0. The molecular formula is C31H38O11Si. The molecule has 43 heavy (non-hydrogen) atoms. The van der Waals surface area contributed by atoms with E-state index in [0.717, 1.165) is 29.3 Å². The Morgan fingerprint density at radius 3 is 1.79 bits per heavy atom. The van der Waals surface area contributed by atoms with Crippen molar-refractivity contribution in [1.82, 2.24) is 0 Å². The molecule has 6 atom stereocenters. The van der Waals surface area contributed by atoms with Crippen LogP contribution in [0.15, 0.2) is 60.7 Å². The molecule has 0 amide bonds. The van der Waals surface area contributed by atoms with E-state index in [1.165, 1.54) is 27.7 Å². The topological polar surface area (TPSA) is 133 Å². The number of rotatable bonds is 9. The van der Waals surface area contributed by atoms with Gasteiger partial charge in [-0.25, -0.2) is 0 Å². The molecule has 0 bridgehead atoms. The number of benzene rings is 2. The first kappa shape index (κ1) is 32.3. The summed E-state index contributed by atoms with van der Waals surface area (Å²) in [6, 6.07) is 20.9. The van der Waals surface area contributed by atoms with Gasteiger partial charge in [0.2, 0.25) is 6.29 Å². The van der Waals surface area contributed by atoms with Gasteiger partial charge in [0.1, 0.15) is 12.7 Å². The fraction of sp³-hybridized carbons (Fsp3) is 0.484. The maximum absolute atomic E-state index is 12.3. The molecular weight excluding hydrogens is 576 g/mol. The van der Waals surface area contributed by atoms with E-state index < -0.39 is 69.2 Å². The highest BCUT2D eigenvalue weighted by Gasteiger charge is 2.54. The Balaban J connectivity index is 1.72. The minimum absolute atomic E-state index is 0.337. The summed E-state index contributed by atoms with van der Waals surface area (Å²) in [5.74, 6) is -2.70. The van der Waals surface area contributed by atoms with Crippen molar-refractivity contribution in [1.29, 1.82) is 0 Å². The first-order chi connectivity index (χ1) is 20.6. The highest BCUT2D eigenvalue weighted by molar-refractivity contribution is 6.97. The third kappa shape index (κ3) is 8.29. The van der Waals surface area contributed by atoms with Crippen LogP contribution in [-0.2, 0) is 52.0 Å². The zero-order valence-corrected chi connectivity index (χ0v) is 25.8. The molecule has 2 aliphatic rings. The van der Waals surface area contributed by atoms with Crippen molar-refractivity contribution in [2.24, 2.45) is 0 Å². The molecule has 1 unspecified atom stereocenters. The van der Waals surface area contributed by atoms with Gasteiger partial charge in [0, 0.05) is 27.7 Å². The van der Waals surface area contributed by atoms with E-state index >= 15 is 0 Å².